The average molecular weight is 309 g/mol. The highest BCUT2D eigenvalue weighted by Crippen LogP contribution is 2.25. The summed E-state index contributed by atoms with van der Waals surface area (Å²) < 4.78 is 0. The Bertz CT molecular complexity index is 513. The SMILES string of the molecule is CC(C)CNC(=O)NC(=O)C(C)N1CCc2sccc2C1. The fourth-order valence-electron chi connectivity index (χ4n) is 2.32. The largest absolute Gasteiger partial charge is 0.338 e. The highest BCUT2D eigenvalue weighted by molar-refractivity contribution is 7.10. The monoisotopic (exact) mass is 309 g/mol. The number of rotatable bonds is 4. The lowest BCUT2D eigenvalue weighted by Crippen LogP contribution is -2.50. The number of carbonyl (C=O) groups is 2. The minimum absolute atomic E-state index is 0.241. The third-order valence-corrected chi connectivity index (χ3v) is 4.69. The second-order valence-corrected chi connectivity index (χ2v) is 6.86. The van der Waals surface area contributed by atoms with E-state index in [0.717, 1.165) is 19.5 Å². The maximum absolute atomic E-state index is 12.1. The van der Waals surface area contributed by atoms with Gasteiger partial charge in [0.2, 0.25) is 5.91 Å². The van der Waals surface area contributed by atoms with Crippen molar-refractivity contribution in [1.29, 1.82) is 0 Å². The maximum Gasteiger partial charge on any atom is 0.321 e. The van der Waals surface area contributed by atoms with E-state index >= 15 is 0 Å². The first kappa shape index (κ1) is 16.0. The first-order chi connectivity index (χ1) is 9.97. The number of hydrogen-bond acceptors (Lipinski definition) is 4. The molecule has 5 nitrogen and oxygen atoms in total. The zero-order chi connectivity index (χ0) is 15.4. The Morgan fingerprint density at radius 1 is 1.38 bits per heavy atom. The van der Waals surface area contributed by atoms with Crippen LogP contribution in [0.15, 0.2) is 11.4 Å². The third kappa shape index (κ3) is 4.28. The summed E-state index contributed by atoms with van der Waals surface area (Å²) in [6, 6.07) is 1.41. The van der Waals surface area contributed by atoms with E-state index in [9.17, 15) is 9.59 Å². The van der Waals surface area contributed by atoms with Crippen LogP contribution in [0.25, 0.3) is 0 Å². The van der Waals surface area contributed by atoms with Gasteiger partial charge in [-0.25, -0.2) is 4.79 Å². The molecule has 1 aliphatic heterocycles. The molecule has 0 radical (unpaired) electrons. The van der Waals surface area contributed by atoms with Crippen molar-refractivity contribution >= 4 is 23.3 Å². The van der Waals surface area contributed by atoms with Crippen LogP contribution in [-0.2, 0) is 17.8 Å². The van der Waals surface area contributed by atoms with E-state index in [0.29, 0.717) is 12.5 Å². The molecule has 1 aliphatic rings. The van der Waals surface area contributed by atoms with Gasteiger partial charge in [0.25, 0.3) is 0 Å². The molecule has 0 saturated carbocycles. The minimum atomic E-state index is -0.409. The standard InChI is InChI=1S/C15H23N3O2S/c1-10(2)8-16-15(20)17-14(19)11(3)18-6-4-13-12(9-18)5-7-21-13/h5,7,10-11H,4,6,8-9H2,1-3H3,(H2,16,17,19,20). The van der Waals surface area contributed by atoms with Crippen LogP contribution in [0.3, 0.4) is 0 Å². The summed E-state index contributed by atoms with van der Waals surface area (Å²) in [4.78, 5) is 27.3. The van der Waals surface area contributed by atoms with Crippen LogP contribution < -0.4 is 10.6 Å². The van der Waals surface area contributed by atoms with Crippen molar-refractivity contribution < 1.29 is 9.59 Å². The van der Waals surface area contributed by atoms with Crippen molar-refractivity contribution in [3.63, 3.8) is 0 Å². The molecule has 2 rings (SSSR count). The second kappa shape index (κ2) is 7.04. The van der Waals surface area contributed by atoms with Gasteiger partial charge in [0.05, 0.1) is 6.04 Å². The molecule has 1 unspecified atom stereocenters. The summed E-state index contributed by atoms with van der Waals surface area (Å²) in [5.74, 6) is 0.123. The minimum Gasteiger partial charge on any atom is -0.338 e. The van der Waals surface area contributed by atoms with Gasteiger partial charge in [0.1, 0.15) is 0 Å². The van der Waals surface area contributed by atoms with Crippen LogP contribution in [0.4, 0.5) is 4.79 Å². The van der Waals surface area contributed by atoms with E-state index in [1.54, 1.807) is 11.3 Å². The highest BCUT2D eigenvalue weighted by Gasteiger charge is 2.26. The number of fused-ring (bicyclic) bond motifs is 1. The molecule has 1 atom stereocenters. The molecule has 116 valence electrons. The molecule has 2 heterocycles. The molecule has 0 fully saturated rings. The molecule has 0 saturated heterocycles. The van der Waals surface area contributed by atoms with Gasteiger partial charge < -0.3 is 5.32 Å². The molecule has 0 spiro atoms. The smallest absolute Gasteiger partial charge is 0.321 e. The lowest BCUT2D eigenvalue weighted by Gasteiger charge is -2.31. The number of urea groups is 1. The molecule has 0 bridgehead atoms. The van der Waals surface area contributed by atoms with Crippen molar-refractivity contribution in [2.75, 3.05) is 13.1 Å². The lowest BCUT2D eigenvalue weighted by molar-refractivity contribution is -0.125. The van der Waals surface area contributed by atoms with Crippen molar-refractivity contribution in [1.82, 2.24) is 15.5 Å². The molecular weight excluding hydrogens is 286 g/mol. The Kier molecular flexibility index (Phi) is 5.36. The summed E-state index contributed by atoms with van der Waals surface area (Å²) in [6.07, 6.45) is 0.976. The van der Waals surface area contributed by atoms with Gasteiger partial charge in [0, 0.05) is 24.5 Å². The normalized spacial score (nSPS) is 16.4. The summed E-state index contributed by atoms with van der Waals surface area (Å²) in [5, 5.41) is 7.21. The number of carbonyl (C=O) groups excluding carboxylic acids is 2. The molecule has 1 aromatic rings. The van der Waals surface area contributed by atoms with Gasteiger partial charge in [-0.3, -0.25) is 15.0 Å². The summed E-state index contributed by atoms with van der Waals surface area (Å²) in [6.45, 7) is 8.07. The van der Waals surface area contributed by atoms with Gasteiger partial charge >= 0.3 is 6.03 Å². The number of thiophene rings is 1. The fraction of sp³-hybridized carbons (Fsp3) is 0.600. The molecule has 3 amide bonds. The lowest BCUT2D eigenvalue weighted by atomic mass is 10.1. The summed E-state index contributed by atoms with van der Waals surface area (Å²) in [7, 11) is 0. The average Bonchev–Trinajstić information content (AvgIpc) is 2.91. The first-order valence-corrected chi connectivity index (χ1v) is 8.23. The molecule has 21 heavy (non-hydrogen) atoms. The van der Waals surface area contributed by atoms with E-state index in [2.05, 4.69) is 27.0 Å². The van der Waals surface area contributed by atoms with Crippen molar-refractivity contribution in [2.45, 2.75) is 39.8 Å². The van der Waals surface area contributed by atoms with Gasteiger partial charge in [-0.2, -0.15) is 0 Å². The summed E-state index contributed by atoms with van der Waals surface area (Å²) in [5.41, 5.74) is 1.30. The van der Waals surface area contributed by atoms with Crippen molar-refractivity contribution in [2.24, 2.45) is 5.92 Å². The van der Waals surface area contributed by atoms with Gasteiger partial charge in [0.15, 0.2) is 0 Å². The fourth-order valence-corrected chi connectivity index (χ4v) is 3.21. The molecule has 0 aromatic carbocycles. The zero-order valence-corrected chi connectivity index (χ0v) is 13.6. The Morgan fingerprint density at radius 3 is 2.86 bits per heavy atom. The second-order valence-electron chi connectivity index (χ2n) is 5.86. The van der Waals surface area contributed by atoms with Gasteiger partial charge in [-0.1, -0.05) is 13.8 Å². The Balaban J connectivity index is 1.84. The number of imide groups is 1. The van der Waals surface area contributed by atoms with Gasteiger partial charge in [-0.15, -0.1) is 11.3 Å². The summed E-state index contributed by atoms with van der Waals surface area (Å²) >= 11 is 1.78. The van der Waals surface area contributed by atoms with E-state index in [-0.39, 0.29) is 11.9 Å². The Morgan fingerprint density at radius 2 is 2.14 bits per heavy atom. The van der Waals surface area contributed by atoms with E-state index < -0.39 is 6.03 Å². The van der Waals surface area contributed by atoms with Crippen molar-refractivity contribution in [3.8, 4) is 0 Å². The number of nitrogens with one attached hydrogen (secondary N) is 2. The maximum atomic E-state index is 12.1. The Hall–Kier alpha value is -1.40. The Labute approximate surface area is 129 Å². The van der Waals surface area contributed by atoms with E-state index in [1.165, 1.54) is 10.4 Å². The van der Waals surface area contributed by atoms with Crippen LogP contribution >= 0.6 is 11.3 Å². The predicted octanol–water partition coefficient (Wildman–Crippen LogP) is 1.98. The number of nitrogens with zero attached hydrogens (tertiary/aromatic N) is 1. The van der Waals surface area contributed by atoms with Crippen molar-refractivity contribution in [3.05, 3.63) is 21.9 Å². The number of amides is 3. The van der Waals surface area contributed by atoms with Crippen LogP contribution in [-0.4, -0.2) is 36.0 Å². The van der Waals surface area contributed by atoms with Crippen LogP contribution in [0.5, 0.6) is 0 Å². The third-order valence-electron chi connectivity index (χ3n) is 3.67. The van der Waals surface area contributed by atoms with Crippen LogP contribution in [0.2, 0.25) is 0 Å². The molecular formula is C15H23N3O2S. The number of hydrogen-bond donors (Lipinski definition) is 2. The van der Waals surface area contributed by atoms with E-state index in [1.807, 2.05) is 20.8 Å². The molecule has 0 aliphatic carbocycles. The first-order valence-electron chi connectivity index (χ1n) is 7.35. The topological polar surface area (TPSA) is 61.4 Å². The molecule has 1 aromatic heterocycles. The van der Waals surface area contributed by atoms with Crippen LogP contribution in [0.1, 0.15) is 31.2 Å². The zero-order valence-electron chi connectivity index (χ0n) is 12.8. The molecule has 2 N–H and O–H groups in total. The predicted molar refractivity (Wildman–Crippen MR) is 84.3 cm³/mol. The molecule has 6 heteroatoms. The van der Waals surface area contributed by atoms with Crippen LogP contribution in [0, 0.1) is 5.92 Å². The highest BCUT2D eigenvalue weighted by atomic mass is 32.1. The van der Waals surface area contributed by atoms with Gasteiger partial charge in [-0.05, 0) is 36.3 Å². The van der Waals surface area contributed by atoms with E-state index in [4.69, 9.17) is 0 Å². The quantitative estimate of drug-likeness (QED) is 0.894.